The predicted molar refractivity (Wildman–Crippen MR) is 92.7 cm³/mol. The zero-order chi connectivity index (χ0) is 18.0. The van der Waals surface area contributed by atoms with Crippen LogP contribution in [0.1, 0.15) is 11.4 Å². The molecule has 1 N–H and O–H groups in total. The Balaban J connectivity index is 1.72. The standard InChI is InChI=1S/C15H14N6O3S/c1-9-7-10(2)20-14(16-9)18-19-15(20)25-8-13(22)17-11-5-3-4-6-12(11)21(23)24/h3-7H,8H2,1-2H3,(H,17,22). The van der Waals surface area contributed by atoms with Crippen molar-refractivity contribution in [3.8, 4) is 0 Å². The number of carbonyl (C=O) groups is 1. The first kappa shape index (κ1) is 16.8. The van der Waals surface area contributed by atoms with Crippen LogP contribution in [-0.4, -0.2) is 36.2 Å². The SMILES string of the molecule is Cc1cc(C)n2c(SCC(=O)Nc3ccccc3[N+](=O)[O-])nnc2n1. The van der Waals surface area contributed by atoms with Crippen LogP contribution >= 0.6 is 11.8 Å². The number of amides is 1. The molecule has 1 amide bonds. The number of hydrogen-bond donors (Lipinski definition) is 1. The molecule has 0 fully saturated rings. The number of hydrogen-bond acceptors (Lipinski definition) is 7. The van der Waals surface area contributed by atoms with E-state index in [1.165, 1.54) is 23.9 Å². The summed E-state index contributed by atoms with van der Waals surface area (Å²) < 4.78 is 1.76. The molecule has 9 nitrogen and oxygen atoms in total. The lowest BCUT2D eigenvalue weighted by atomic mass is 10.2. The van der Waals surface area contributed by atoms with Crippen LogP contribution < -0.4 is 5.32 Å². The average molecular weight is 358 g/mol. The van der Waals surface area contributed by atoms with Gasteiger partial charge in [0.05, 0.1) is 10.7 Å². The molecule has 3 aromatic rings. The second-order valence-corrected chi connectivity index (χ2v) is 6.21. The first-order valence-electron chi connectivity index (χ1n) is 7.31. The maximum Gasteiger partial charge on any atom is 0.292 e. The fraction of sp³-hybridized carbons (Fsp3) is 0.200. The molecule has 25 heavy (non-hydrogen) atoms. The van der Waals surface area contributed by atoms with Crippen LogP contribution in [0, 0.1) is 24.0 Å². The largest absolute Gasteiger partial charge is 0.320 e. The van der Waals surface area contributed by atoms with Gasteiger partial charge in [-0.1, -0.05) is 23.9 Å². The molecule has 0 aliphatic heterocycles. The summed E-state index contributed by atoms with van der Waals surface area (Å²) in [7, 11) is 0. The van der Waals surface area contributed by atoms with Crippen LogP contribution in [0.5, 0.6) is 0 Å². The molecule has 3 rings (SSSR count). The highest BCUT2D eigenvalue weighted by molar-refractivity contribution is 7.99. The van der Waals surface area contributed by atoms with Crippen LogP contribution in [-0.2, 0) is 4.79 Å². The Morgan fingerprint density at radius 1 is 1.32 bits per heavy atom. The highest BCUT2D eigenvalue weighted by Gasteiger charge is 2.16. The summed E-state index contributed by atoms with van der Waals surface area (Å²) in [5.74, 6) is 0.146. The number of aryl methyl sites for hydroxylation is 2. The topological polar surface area (TPSA) is 115 Å². The van der Waals surface area contributed by atoms with E-state index >= 15 is 0 Å². The fourth-order valence-corrected chi connectivity index (χ4v) is 3.13. The van der Waals surface area contributed by atoms with Gasteiger partial charge in [-0.15, -0.1) is 10.2 Å². The van der Waals surface area contributed by atoms with E-state index in [0.29, 0.717) is 10.9 Å². The maximum atomic E-state index is 12.1. The van der Waals surface area contributed by atoms with Crippen molar-refractivity contribution in [2.24, 2.45) is 0 Å². The van der Waals surface area contributed by atoms with E-state index in [4.69, 9.17) is 0 Å². The van der Waals surface area contributed by atoms with Gasteiger partial charge in [0, 0.05) is 17.5 Å². The molecular weight excluding hydrogens is 344 g/mol. The van der Waals surface area contributed by atoms with Gasteiger partial charge in [-0.3, -0.25) is 19.3 Å². The lowest BCUT2D eigenvalue weighted by Gasteiger charge is -2.06. The molecule has 128 valence electrons. The molecule has 2 aromatic heterocycles. The summed E-state index contributed by atoms with van der Waals surface area (Å²) in [5.41, 5.74) is 1.76. The van der Waals surface area contributed by atoms with Gasteiger partial charge in [-0.25, -0.2) is 4.98 Å². The molecule has 0 aliphatic carbocycles. The van der Waals surface area contributed by atoms with Gasteiger partial charge in [-0.05, 0) is 26.0 Å². The number of carbonyl (C=O) groups excluding carboxylic acids is 1. The molecule has 2 heterocycles. The Hall–Kier alpha value is -3.01. The summed E-state index contributed by atoms with van der Waals surface area (Å²) >= 11 is 1.19. The molecule has 0 saturated carbocycles. The molecule has 0 atom stereocenters. The molecule has 0 saturated heterocycles. The van der Waals surface area contributed by atoms with Crippen LogP contribution in [0.4, 0.5) is 11.4 Å². The Kier molecular flexibility index (Phi) is 4.61. The summed E-state index contributed by atoms with van der Waals surface area (Å²) in [6, 6.07) is 7.89. The summed E-state index contributed by atoms with van der Waals surface area (Å²) in [5, 5.41) is 22.1. The van der Waals surface area contributed by atoms with Crippen LogP contribution in [0.25, 0.3) is 5.78 Å². The van der Waals surface area contributed by atoms with Gasteiger partial charge >= 0.3 is 0 Å². The Morgan fingerprint density at radius 2 is 2.08 bits per heavy atom. The third-order valence-electron chi connectivity index (χ3n) is 3.37. The van der Waals surface area contributed by atoms with Crippen LogP contribution in [0.15, 0.2) is 35.5 Å². The maximum absolute atomic E-state index is 12.1. The van der Waals surface area contributed by atoms with E-state index in [-0.39, 0.29) is 23.0 Å². The number of nitrogens with zero attached hydrogens (tertiary/aromatic N) is 5. The second-order valence-electron chi connectivity index (χ2n) is 5.27. The number of fused-ring (bicyclic) bond motifs is 1. The number of para-hydroxylation sites is 2. The third kappa shape index (κ3) is 3.58. The number of nitrogens with one attached hydrogen (secondary N) is 1. The van der Waals surface area contributed by atoms with Crippen molar-refractivity contribution < 1.29 is 9.72 Å². The number of rotatable bonds is 5. The molecule has 0 aliphatic rings. The van der Waals surface area contributed by atoms with E-state index in [1.54, 1.807) is 16.5 Å². The predicted octanol–water partition coefficient (Wildman–Crippen LogP) is 2.38. The van der Waals surface area contributed by atoms with E-state index in [2.05, 4.69) is 20.5 Å². The van der Waals surface area contributed by atoms with Gasteiger partial charge < -0.3 is 5.32 Å². The molecule has 0 bridgehead atoms. The summed E-state index contributed by atoms with van der Waals surface area (Å²) in [6.07, 6.45) is 0. The minimum Gasteiger partial charge on any atom is -0.320 e. The van der Waals surface area contributed by atoms with Crippen molar-refractivity contribution in [1.82, 2.24) is 19.6 Å². The zero-order valence-corrected chi connectivity index (χ0v) is 14.3. The average Bonchev–Trinajstić information content (AvgIpc) is 2.96. The number of aromatic nitrogens is 4. The third-order valence-corrected chi connectivity index (χ3v) is 4.30. The van der Waals surface area contributed by atoms with Crippen LogP contribution in [0.3, 0.4) is 0 Å². The molecule has 10 heteroatoms. The van der Waals surface area contributed by atoms with Crippen molar-refractivity contribution in [2.45, 2.75) is 19.0 Å². The van der Waals surface area contributed by atoms with Crippen molar-refractivity contribution in [2.75, 3.05) is 11.1 Å². The minimum atomic E-state index is -0.536. The van der Waals surface area contributed by atoms with E-state index in [1.807, 2.05) is 19.9 Å². The Morgan fingerprint density at radius 3 is 2.84 bits per heavy atom. The van der Waals surface area contributed by atoms with E-state index in [9.17, 15) is 14.9 Å². The van der Waals surface area contributed by atoms with Crippen molar-refractivity contribution in [3.63, 3.8) is 0 Å². The highest BCUT2D eigenvalue weighted by atomic mass is 32.2. The fourth-order valence-electron chi connectivity index (χ4n) is 2.35. The lowest BCUT2D eigenvalue weighted by Crippen LogP contribution is -2.15. The Bertz CT molecular complexity index is 971. The molecule has 0 radical (unpaired) electrons. The second kappa shape index (κ2) is 6.85. The van der Waals surface area contributed by atoms with Gasteiger partial charge in [0.25, 0.3) is 11.5 Å². The van der Waals surface area contributed by atoms with Crippen molar-refractivity contribution in [3.05, 3.63) is 51.8 Å². The van der Waals surface area contributed by atoms with Crippen LogP contribution in [0.2, 0.25) is 0 Å². The zero-order valence-electron chi connectivity index (χ0n) is 13.5. The number of thioether (sulfide) groups is 1. The van der Waals surface area contributed by atoms with Gasteiger partial charge in [0.1, 0.15) is 5.69 Å². The smallest absolute Gasteiger partial charge is 0.292 e. The first-order valence-corrected chi connectivity index (χ1v) is 8.29. The summed E-state index contributed by atoms with van der Waals surface area (Å²) in [4.78, 5) is 26.9. The molecular formula is C15H14N6O3S. The number of nitro groups is 1. The molecule has 0 unspecified atom stereocenters. The first-order chi connectivity index (χ1) is 12.0. The lowest BCUT2D eigenvalue weighted by molar-refractivity contribution is -0.383. The normalized spacial score (nSPS) is 10.8. The van der Waals surface area contributed by atoms with Gasteiger partial charge in [-0.2, -0.15) is 0 Å². The monoisotopic (exact) mass is 358 g/mol. The number of nitro benzene ring substituents is 1. The van der Waals surface area contributed by atoms with E-state index < -0.39 is 4.92 Å². The Labute approximate surface area is 146 Å². The van der Waals surface area contributed by atoms with E-state index in [0.717, 1.165) is 11.4 Å². The molecule has 1 aromatic carbocycles. The highest BCUT2D eigenvalue weighted by Crippen LogP contribution is 2.24. The number of anilines is 1. The molecule has 0 spiro atoms. The minimum absolute atomic E-state index is 0.0418. The summed E-state index contributed by atoms with van der Waals surface area (Å²) in [6.45, 7) is 3.78. The van der Waals surface area contributed by atoms with Crippen molar-refractivity contribution >= 4 is 34.8 Å². The van der Waals surface area contributed by atoms with Gasteiger partial charge in [0.15, 0.2) is 5.16 Å². The van der Waals surface area contributed by atoms with Crippen molar-refractivity contribution in [1.29, 1.82) is 0 Å². The quantitative estimate of drug-likeness (QED) is 0.423. The van der Waals surface area contributed by atoms with Gasteiger partial charge in [0.2, 0.25) is 5.91 Å². The number of benzene rings is 1.